The zero-order valence-corrected chi connectivity index (χ0v) is 13.9. The molecule has 0 amide bonds. The van der Waals surface area contributed by atoms with Crippen molar-refractivity contribution in [2.24, 2.45) is 7.05 Å². The fourth-order valence-corrected chi connectivity index (χ4v) is 4.11. The van der Waals surface area contributed by atoms with Crippen molar-refractivity contribution in [3.8, 4) is 0 Å². The fourth-order valence-electron chi connectivity index (χ4n) is 4.11. The molecule has 1 aliphatic carbocycles. The van der Waals surface area contributed by atoms with Crippen molar-refractivity contribution in [1.82, 2.24) is 19.8 Å². The topological polar surface area (TPSA) is 33.1 Å². The number of imidazole rings is 1. The lowest BCUT2D eigenvalue weighted by Gasteiger charge is -2.54. The van der Waals surface area contributed by atoms with Crippen LogP contribution in [-0.2, 0) is 13.5 Å². The molecule has 2 aliphatic rings. The fraction of sp³-hybridized carbons (Fsp3) is 0.824. The van der Waals surface area contributed by atoms with Crippen LogP contribution in [0.25, 0.3) is 0 Å². The lowest BCUT2D eigenvalue weighted by atomic mass is 9.77. The number of nitrogens with one attached hydrogen (secondary N) is 1. The highest BCUT2D eigenvalue weighted by Gasteiger charge is 2.44. The SMILES string of the molecule is Cn1ccnc1CCN1CC(C)(C)NCC12CCCCC2. The smallest absolute Gasteiger partial charge is 0.109 e. The van der Waals surface area contributed by atoms with E-state index in [1.807, 2.05) is 12.4 Å². The van der Waals surface area contributed by atoms with Crippen LogP contribution in [0.5, 0.6) is 0 Å². The van der Waals surface area contributed by atoms with Crippen LogP contribution in [0.4, 0.5) is 0 Å². The summed E-state index contributed by atoms with van der Waals surface area (Å²) in [5, 5.41) is 3.79. The van der Waals surface area contributed by atoms with E-state index in [0.29, 0.717) is 5.54 Å². The van der Waals surface area contributed by atoms with Crippen molar-refractivity contribution in [2.75, 3.05) is 19.6 Å². The molecule has 0 atom stereocenters. The average molecular weight is 290 g/mol. The van der Waals surface area contributed by atoms with Gasteiger partial charge in [0, 0.05) is 56.6 Å². The number of aromatic nitrogens is 2. The predicted molar refractivity (Wildman–Crippen MR) is 86.4 cm³/mol. The quantitative estimate of drug-likeness (QED) is 0.927. The summed E-state index contributed by atoms with van der Waals surface area (Å²) >= 11 is 0. The van der Waals surface area contributed by atoms with Crippen LogP contribution in [0.2, 0.25) is 0 Å². The molecule has 0 bridgehead atoms. The third-order valence-electron chi connectivity index (χ3n) is 5.46. The second-order valence-electron chi connectivity index (χ2n) is 7.65. The highest BCUT2D eigenvalue weighted by Crippen LogP contribution is 2.37. The summed E-state index contributed by atoms with van der Waals surface area (Å²) < 4.78 is 2.15. The Morgan fingerprint density at radius 1 is 1.24 bits per heavy atom. The van der Waals surface area contributed by atoms with Gasteiger partial charge < -0.3 is 9.88 Å². The molecule has 1 saturated carbocycles. The van der Waals surface area contributed by atoms with Gasteiger partial charge in [0.2, 0.25) is 0 Å². The van der Waals surface area contributed by atoms with Gasteiger partial charge in [-0.15, -0.1) is 0 Å². The van der Waals surface area contributed by atoms with E-state index in [1.165, 1.54) is 37.9 Å². The third-order valence-corrected chi connectivity index (χ3v) is 5.46. The zero-order valence-electron chi connectivity index (χ0n) is 13.9. The Bertz CT molecular complexity index is 471. The van der Waals surface area contributed by atoms with Crippen LogP contribution in [-0.4, -0.2) is 45.2 Å². The normalized spacial score (nSPS) is 25.3. The van der Waals surface area contributed by atoms with E-state index in [9.17, 15) is 0 Å². The first kappa shape index (κ1) is 15.0. The minimum atomic E-state index is 0.227. The van der Waals surface area contributed by atoms with Crippen molar-refractivity contribution in [3.05, 3.63) is 18.2 Å². The molecule has 4 heteroatoms. The summed E-state index contributed by atoms with van der Waals surface area (Å²) in [5.41, 5.74) is 0.628. The monoisotopic (exact) mass is 290 g/mol. The molecule has 1 saturated heterocycles. The third kappa shape index (κ3) is 3.16. The van der Waals surface area contributed by atoms with Gasteiger partial charge in [-0.25, -0.2) is 4.98 Å². The van der Waals surface area contributed by atoms with Crippen LogP contribution in [0.1, 0.15) is 51.8 Å². The molecule has 4 nitrogen and oxygen atoms in total. The molecule has 1 aromatic rings. The number of rotatable bonds is 3. The molecule has 1 N–H and O–H groups in total. The van der Waals surface area contributed by atoms with E-state index in [0.717, 1.165) is 26.1 Å². The van der Waals surface area contributed by atoms with Gasteiger partial charge in [-0.05, 0) is 26.7 Å². The number of hydrogen-bond donors (Lipinski definition) is 1. The van der Waals surface area contributed by atoms with Crippen molar-refractivity contribution in [1.29, 1.82) is 0 Å². The summed E-state index contributed by atoms with van der Waals surface area (Å²) in [5.74, 6) is 1.21. The molecule has 1 spiro atoms. The Morgan fingerprint density at radius 2 is 2.00 bits per heavy atom. The molecule has 118 valence electrons. The van der Waals surface area contributed by atoms with Gasteiger partial charge in [0.05, 0.1) is 0 Å². The molecular formula is C17H30N4. The van der Waals surface area contributed by atoms with Gasteiger partial charge >= 0.3 is 0 Å². The minimum Gasteiger partial charge on any atom is -0.338 e. The molecule has 3 rings (SSSR count). The maximum Gasteiger partial charge on any atom is 0.109 e. The summed E-state index contributed by atoms with van der Waals surface area (Å²) in [6.45, 7) is 8.10. The summed E-state index contributed by atoms with van der Waals surface area (Å²) in [6.07, 6.45) is 11.9. The Balaban J connectivity index is 1.72. The van der Waals surface area contributed by atoms with Gasteiger partial charge in [-0.3, -0.25) is 4.90 Å². The van der Waals surface area contributed by atoms with Gasteiger partial charge in [0.1, 0.15) is 5.82 Å². The zero-order chi connectivity index (χ0) is 14.9. The molecule has 0 radical (unpaired) electrons. The summed E-state index contributed by atoms with van der Waals surface area (Å²) in [7, 11) is 2.10. The molecule has 2 fully saturated rings. The van der Waals surface area contributed by atoms with Gasteiger partial charge in [0.25, 0.3) is 0 Å². The average Bonchev–Trinajstić information content (AvgIpc) is 2.87. The Kier molecular flexibility index (Phi) is 4.10. The van der Waals surface area contributed by atoms with Gasteiger partial charge in [0.15, 0.2) is 0 Å². The highest BCUT2D eigenvalue weighted by atomic mass is 15.3. The lowest BCUT2D eigenvalue weighted by molar-refractivity contribution is -0.00939. The Hall–Kier alpha value is -0.870. The summed E-state index contributed by atoms with van der Waals surface area (Å²) in [6, 6.07) is 0. The van der Waals surface area contributed by atoms with Gasteiger partial charge in [-0.2, -0.15) is 0 Å². The first-order chi connectivity index (χ1) is 10.0. The largest absolute Gasteiger partial charge is 0.338 e. The first-order valence-electron chi connectivity index (χ1n) is 8.47. The van der Waals surface area contributed by atoms with Crippen molar-refractivity contribution in [2.45, 2.75) is 63.5 Å². The molecular weight excluding hydrogens is 260 g/mol. The van der Waals surface area contributed by atoms with E-state index in [2.05, 4.69) is 40.7 Å². The van der Waals surface area contributed by atoms with Crippen molar-refractivity contribution < 1.29 is 0 Å². The summed E-state index contributed by atoms with van der Waals surface area (Å²) in [4.78, 5) is 7.27. The maximum atomic E-state index is 4.49. The van der Waals surface area contributed by atoms with Crippen LogP contribution in [0.15, 0.2) is 12.4 Å². The Labute approximate surface area is 128 Å². The van der Waals surface area contributed by atoms with Crippen molar-refractivity contribution >= 4 is 0 Å². The molecule has 21 heavy (non-hydrogen) atoms. The lowest BCUT2D eigenvalue weighted by Crippen LogP contribution is -2.69. The number of piperazine rings is 1. The number of aryl methyl sites for hydroxylation is 1. The second kappa shape index (κ2) is 5.73. The molecule has 0 aromatic carbocycles. The number of hydrogen-bond acceptors (Lipinski definition) is 3. The van der Waals surface area contributed by atoms with Crippen LogP contribution < -0.4 is 5.32 Å². The second-order valence-corrected chi connectivity index (χ2v) is 7.65. The highest BCUT2D eigenvalue weighted by molar-refractivity contribution is 5.04. The van der Waals surface area contributed by atoms with Gasteiger partial charge in [-0.1, -0.05) is 19.3 Å². The molecule has 2 heterocycles. The van der Waals surface area contributed by atoms with Crippen molar-refractivity contribution in [3.63, 3.8) is 0 Å². The minimum absolute atomic E-state index is 0.227. The van der Waals surface area contributed by atoms with Crippen LogP contribution in [0.3, 0.4) is 0 Å². The van der Waals surface area contributed by atoms with E-state index in [-0.39, 0.29) is 5.54 Å². The molecule has 1 aliphatic heterocycles. The Morgan fingerprint density at radius 3 is 2.67 bits per heavy atom. The maximum absolute atomic E-state index is 4.49. The molecule has 0 unspecified atom stereocenters. The standard InChI is InChI=1S/C17H30N4/c1-16(2)14-21(11-7-15-18-10-12-20(15)3)17(13-19-16)8-5-4-6-9-17/h10,12,19H,4-9,11,13-14H2,1-3H3. The van der Waals surface area contributed by atoms with E-state index >= 15 is 0 Å². The van der Waals surface area contributed by atoms with Crippen LogP contribution >= 0.6 is 0 Å². The predicted octanol–water partition coefficient (Wildman–Crippen LogP) is 2.35. The number of nitrogens with zero attached hydrogens (tertiary/aromatic N) is 3. The first-order valence-corrected chi connectivity index (χ1v) is 8.47. The van der Waals surface area contributed by atoms with Crippen LogP contribution in [0, 0.1) is 0 Å². The molecule has 1 aromatic heterocycles. The van der Waals surface area contributed by atoms with E-state index in [4.69, 9.17) is 0 Å². The van der Waals surface area contributed by atoms with E-state index < -0.39 is 0 Å². The van der Waals surface area contributed by atoms with E-state index in [1.54, 1.807) is 0 Å².